The van der Waals surface area contributed by atoms with Gasteiger partial charge in [-0.15, -0.1) is 6.58 Å². The Bertz CT molecular complexity index is 725. The van der Waals surface area contributed by atoms with Crippen molar-refractivity contribution in [1.29, 1.82) is 0 Å². The van der Waals surface area contributed by atoms with Crippen molar-refractivity contribution < 1.29 is 9.57 Å². The first kappa shape index (κ1) is 15.5. The molecule has 2 aromatic rings. The molecule has 1 saturated carbocycles. The Morgan fingerprint density at radius 2 is 1.96 bits per heavy atom. The molecule has 1 fully saturated rings. The lowest BCUT2D eigenvalue weighted by molar-refractivity contribution is 0.0225. The van der Waals surface area contributed by atoms with E-state index in [9.17, 15) is 4.79 Å². The molecular formula is C18H22N2O3. The van der Waals surface area contributed by atoms with Gasteiger partial charge in [-0.3, -0.25) is 4.57 Å². The molecule has 5 nitrogen and oxygen atoms in total. The van der Waals surface area contributed by atoms with Gasteiger partial charge in [0.05, 0.1) is 7.11 Å². The number of aromatic nitrogens is 2. The number of rotatable bonds is 6. The normalized spacial score (nSPS) is 14.8. The van der Waals surface area contributed by atoms with E-state index >= 15 is 0 Å². The molecule has 0 spiro atoms. The van der Waals surface area contributed by atoms with E-state index < -0.39 is 0 Å². The van der Waals surface area contributed by atoms with Crippen molar-refractivity contribution in [3.8, 4) is 17.1 Å². The summed E-state index contributed by atoms with van der Waals surface area (Å²) in [7, 11) is 1.56. The van der Waals surface area contributed by atoms with E-state index in [1.54, 1.807) is 17.8 Å². The largest absolute Gasteiger partial charge is 0.479 e. The molecule has 1 aromatic carbocycles. The predicted octanol–water partition coefficient (Wildman–Crippen LogP) is 2.88. The molecule has 1 aliphatic carbocycles. The third-order valence-electron chi connectivity index (χ3n) is 4.17. The second-order valence-electron chi connectivity index (χ2n) is 5.71. The lowest BCUT2D eigenvalue weighted by atomic mass is 10.1. The van der Waals surface area contributed by atoms with Crippen LogP contribution in [0.2, 0.25) is 0 Å². The summed E-state index contributed by atoms with van der Waals surface area (Å²) in [4.78, 5) is 18.7. The minimum Gasteiger partial charge on any atom is -0.479 e. The lowest BCUT2D eigenvalue weighted by Crippen LogP contribution is -2.33. The van der Waals surface area contributed by atoms with Crippen LogP contribution in [0.25, 0.3) is 11.3 Å². The number of nitrogens with zero attached hydrogens (tertiary/aromatic N) is 2. The Balaban J connectivity index is 2.12. The molecule has 0 amide bonds. The number of ether oxygens (including phenoxy) is 1. The van der Waals surface area contributed by atoms with Crippen LogP contribution < -0.4 is 15.3 Å². The van der Waals surface area contributed by atoms with Gasteiger partial charge in [-0.1, -0.05) is 41.1 Å². The molecule has 0 unspecified atom stereocenters. The Kier molecular flexibility index (Phi) is 4.55. The van der Waals surface area contributed by atoms with Crippen molar-refractivity contribution in [1.82, 2.24) is 9.30 Å². The van der Waals surface area contributed by atoms with Crippen LogP contribution >= 0.6 is 0 Å². The number of benzene rings is 1. The molecule has 0 saturated heterocycles. The monoisotopic (exact) mass is 314 g/mol. The predicted molar refractivity (Wildman–Crippen MR) is 89.7 cm³/mol. The average Bonchev–Trinajstić information content (AvgIpc) is 3.18. The van der Waals surface area contributed by atoms with E-state index in [-0.39, 0.29) is 11.8 Å². The van der Waals surface area contributed by atoms with E-state index in [0.717, 1.165) is 36.9 Å². The summed E-state index contributed by atoms with van der Waals surface area (Å²) in [5.74, 6) is 0.440. The Morgan fingerprint density at radius 3 is 2.57 bits per heavy atom. The first-order chi connectivity index (χ1) is 11.3. The number of hydrogen-bond acceptors (Lipinski definition) is 3. The van der Waals surface area contributed by atoms with Crippen LogP contribution in [0.5, 0.6) is 5.88 Å². The molecule has 5 heteroatoms. The van der Waals surface area contributed by atoms with E-state index in [1.807, 2.05) is 30.3 Å². The summed E-state index contributed by atoms with van der Waals surface area (Å²) in [5, 5.41) is 0. The zero-order valence-corrected chi connectivity index (χ0v) is 13.4. The third-order valence-corrected chi connectivity index (χ3v) is 4.17. The fourth-order valence-corrected chi connectivity index (χ4v) is 3.09. The van der Waals surface area contributed by atoms with Crippen LogP contribution in [0.3, 0.4) is 0 Å². The SMILES string of the molecule is C=CCn1c(-c2ccccc2)c(OC)n(OC2CCCC2)c1=O. The van der Waals surface area contributed by atoms with Crippen molar-refractivity contribution in [2.24, 2.45) is 0 Å². The fourth-order valence-electron chi connectivity index (χ4n) is 3.09. The van der Waals surface area contributed by atoms with Crippen molar-refractivity contribution in [3.05, 3.63) is 53.5 Å². The molecule has 1 heterocycles. The smallest absolute Gasteiger partial charge is 0.365 e. The van der Waals surface area contributed by atoms with Crippen molar-refractivity contribution in [2.45, 2.75) is 38.3 Å². The van der Waals surface area contributed by atoms with Gasteiger partial charge in [-0.2, -0.15) is 0 Å². The van der Waals surface area contributed by atoms with E-state index in [2.05, 4.69) is 6.58 Å². The highest BCUT2D eigenvalue weighted by Crippen LogP contribution is 2.30. The van der Waals surface area contributed by atoms with Gasteiger partial charge in [0.25, 0.3) is 5.88 Å². The third kappa shape index (κ3) is 2.91. The minimum atomic E-state index is -0.229. The van der Waals surface area contributed by atoms with Crippen LogP contribution in [0, 0.1) is 0 Å². The van der Waals surface area contributed by atoms with Crippen LogP contribution in [-0.2, 0) is 6.54 Å². The maximum Gasteiger partial charge on any atom is 0.365 e. The first-order valence-corrected chi connectivity index (χ1v) is 7.99. The summed E-state index contributed by atoms with van der Waals surface area (Å²) in [5.41, 5.74) is 1.40. The highest BCUT2D eigenvalue weighted by atomic mass is 16.7. The Morgan fingerprint density at radius 1 is 1.26 bits per heavy atom. The van der Waals surface area contributed by atoms with Crippen molar-refractivity contribution >= 4 is 0 Å². The van der Waals surface area contributed by atoms with E-state index in [1.165, 1.54) is 4.73 Å². The van der Waals surface area contributed by atoms with Crippen LogP contribution in [0.1, 0.15) is 25.7 Å². The topological polar surface area (TPSA) is 45.4 Å². The molecule has 122 valence electrons. The summed E-state index contributed by atoms with van der Waals surface area (Å²) < 4.78 is 8.47. The standard InChI is InChI=1S/C18H22N2O3/c1-3-13-19-16(14-9-5-4-6-10-14)17(22-2)20(18(19)21)23-15-11-7-8-12-15/h3-6,9-10,15H,1,7-8,11-13H2,2H3. The molecule has 0 N–H and O–H groups in total. The van der Waals surface area contributed by atoms with Crippen molar-refractivity contribution in [3.63, 3.8) is 0 Å². The molecule has 0 bridgehead atoms. The highest BCUT2D eigenvalue weighted by molar-refractivity contribution is 5.65. The van der Waals surface area contributed by atoms with Gasteiger partial charge >= 0.3 is 5.69 Å². The highest BCUT2D eigenvalue weighted by Gasteiger charge is 2.26. The summed E-state index contributed by atoms with van der Waals surface area (Å²) in [6, 6.07) is 9.73. The second-order valence-corrected chi connectivity index (χ2v) is 5.71. The molecule has 0 aliphatic heterocycles. The average molecular weight is 314 g/mol. The zero-order valence-electron chi connectivity index (χ0n) is 13.4. The van der Waals surface area contributed by atoms with Gasteiger partial charge in [0, 0.05) is 12.1 Å². The van der Waals surface area contributed by atoms with Gasteiger partial charge in [0.15, 0.2) is 0 Å². The van der Waals surface area contributed by atoms with Crippen LogP contribution in [0.4, 0.5) is 0 Å². The number of methoxy groups -OCH3 is 1. The van der Waals surface area contributed by atoms with Gasteiger partial charge in [0.2, 0.25) is 0 Å². The zero-order chi connectivity index (χ0) is 16.2. The van der Waals surface area contributed by atoms with Crippen LogP contribution in [-0.4, -0.2) is 22.5 Å². The van der Waals surface area contributed by atoms with Crippen molar-refractivity contribution in [2.75, 3.05) is 7.11 Å². The maximum atomic E-state index is 12.8. The van der Waals surface area contributed by atoms with Gasteiger partial charge in [0.1, 0.15) is 11.8 Å². The number of hydrogen-bond donors (Lipinski definition) is 0. The second kappa shape index (κ2) is 6.77. The molecular weight excluding hydrogens is 292 g/mol. The quantitative estimate of drug-likeness (QED) is 0.770. The maximum absolute atomic E-state index is 12.8. The van der Waals surface area contributed by atoms with E-state index in [4.69, 9.17) is 9.57 Å². The summed E-state index contributed by atoms with van der Waals surface area (Å²) in [6.45, 7) is 4.15. The molecule has 0 radical (unpaired) electrons. The van der Waals surface area contributed by atoms with Gasteiger partial charge in [-0.05, 0) is 25.7 Å². The molecule has 0 atom stereocenters. The number of allylic oxidation sites excluding steroid dienone is 1. The number of imidazole rings is 1. The van der Waals surface area contributed by atoms with E-state index in [0.29, 0.717) is 12.4 Å². The lowest BCUT2D eigenvalue weighted by Gasteiger charge is -2.14. The Hall–Kier alpha value is -2.43. The minimum absolute atomic E-state index is 0.0739. The molecule has 1 aliphatic rings. The van der Waals surface area contributed by atoms with Gasteiger partial charge in [-0.25, -0.2) is 4.79 Å². The summed E-state index contributed by atoms with van der Waals surface area (Å²) in [6.07, 6.45) is 6.00. The first-order valence-electron chi connectivity index (χ1n) is 7.99. The fraction of sp³-hybridized carbons (Fsp3) is 0.389. The Labute approximate surface area is 135 Å². The summed E-state index contributed by atoms with van der Waals surface area (Å²) >= 11 is 0. The van der Waals surface area contributed by atoms with Crippen LogP contribution in [0.15, 0.2) is 47.8 Å². The molecule has 23 heavy (non-hydrogen) atoms. The van der Waals surface area contributed by atoms with Gasteiger partial charge < -0.3 is 9.57 Å². The molecule has 1 aromatic heterocycles. The molecule has 3 rings (SSSR count).